The average molecular weight is 191 g/mol. The van der Waals surface area contributed by atoms with Crippen LogP contribution in [0, 0.1) is 5.92 Å². The Morgan fingerprint density at radius 3 is 3.00 bits per heavy atom. The van der Waals surface area contributed by atoms with Gasteiger partial charge in [-0.3, -0.25) is 0 Å². The maximum atomic E-state index is 9.69. The fourth-order valence-corrected chi connectivity index (χ4v) is 2.24. The summed E-state index contributed by atoms with van der Waals surface area (Å²) in [5.41, 5.74) is 2.18. The lowest BCUT2D eigenvalue weighted by Gasteiger charge is -2.32. The Morgan fingerprint density at radius 1 is 1.50 bits per heavy atom. The van der Waals surface area contributed by atoms with E-state index in [2.05, 4.69) is 25.2 Å². The molecule has 0 aromatic heterocycles. The van der Waals surface area contributed by atoms with Gasteiger partial charge < -0.3 is 10.4 Å². The molecule has 0 spiro atoms. The number of hydrogen-bond acceptors (Lipinski definition) is 2. The summed E-state index contributed by atoms with van der Waals surface area (Å²) in [4.78, 5) is 0. The van der Waals surface area contributed by atoms with Crippen molar-refractivity contribution in [3.63, 3.8) is 0 Å². The molecule has 2 N–H and O–H groups in total. The van der Waals surface area contributed by atoms with Crippen LogP contribution in [0.5, 0.6) is 5.75 Å². The van der Waals surface area contributed by atoms with Gasteiger partial charge in [-0.25, -0.2) is 0 Å². The van der Waals surface area contributed by atoms with Crippen molar-refractivity contribution >= 4 is 5.69 Å². The first kappa shape index (κ1) is 9.38. The first-order valence-corrected chi connectivity index (χ1v) is 5.29. The topological polar surface area (TPSA) is 32.3 Å². The minimum absolute atomic E-state index is 0.382. The first-order chi connectivity index (χ1) is 6.72. The third-order valence-corrected chi connectivity index (χ3v) is 3.13. The Balaban J connectivity index is 2.36. The van der Waals surface area contributed by atoms with Crippen molar-refractivity contribution in [2.45, 2.75) is 32.7 Å². The summed E-state index contributed by atoms with van der Waals surface area (Å²) in [6, 6.07) is 6.24. The van der Waals surface area contributed by atoms with Crippen molar-refractivity contribution in [3.05, 3.63) is 23.8 Å². The molecule has 1 aliphatic rings. The van der Waals surface area contributed by atoms with E-state index in [1.807, 2.05) is 6.07 Å². The number of hydrogen-bond donors (Lipinski definition) is 2. The second kappa shape index (κ2) is 3.52. The third kappa shape index (κ3) is 1.45. The molecule has 0 fully saturated rings. The normalized spacial score (nSPS) is 25.3. The summed E-state index contributed by atoms with van der Waals surface area (Å²) < 4.78 is 0. The van der Waals surface area contributed by atoms with Gasteiger partial charge in [-0.1, -0.05) is 26.0 Å². The van der Waals surface area contributed by atoms with Crippen LogP contribution in [0.1, 0.15) is 25.8 Å². The Labute approximate surface area is 85.0 Å². The van der Waals surface area contributed by atoms with Gasteiger partial charge in [0, 0.05) is 6.04 Å². The van der Waals surface area contributed by atoms with Crippen LogP contribution in [0.4, 0.5) is 5.69 Å². The monoisotopic (exact) mass is 191 g/mol. The summed E-state index contributed by atoms with van der Waals surface area (Å²) in [5, 5.41) is 13.1. The number of nitrogens with one attached hydrogen (secondary N) is 1. The fourth-order valence-electron chi connectivity index (χ4n) is 2.24. The molecule has 0 saturated heterocycles. The largest absolute Gasteiger partial charge is 0.506 e. The van der Waals surface area contributed by atoms with Crippen LogP contribution in [0.2, 0.25) is 0 Å². The van der Waals surface area contributed by atoms with E-state index in [0.717, 1.165) is 18.5 Å². The van der Waals surface area contributed by atoms with Gasteiger partial charge in [-0.15, -0.1) is 0 Å². The van der Waals surface area contributed by atoms with E-state index < -0.39 is 0 Å². The lowest BCUT2D eigenvalue weighted by molar-refractivity contribution is 0.437. The zero-order valence-corrected chi connectivity index (χ0v) is 8.75. The molecule has 2 rings (SSSR count). The van der Waals surface area contributed by atoms with Crippen LogP contribution in [0.3, 0.4) is 0 Å². The maximum absolute atomic E-state index is 9.69. The van der Waals surface area contributed by atoms with Gasteiger partial charge in [0.25, 0.3) is 0 Å². The number of aromatic hydroxyl groups is 1. The second-order valence-electron chi connectivity index (χ2n) is 4.15. The lowest BCUT2D eigenvalue weighted by atomic mass is 9.87. The van der Waals surface area contributed by atoms with Gasteiger partial charge in [0.15, 0.2) is 0 Å². The van der Waals surface area contributed by atoms with Crippen LogP contribution in [-0.2, 0) is 6.42 Å². The summed E-state index contributed by atoms with van der Waals surface area (Å²) >= 11 is 0. The van der Waals surface area contributed by atoms with Crippen molar-refractivity contribution < 1.29 is 5.11 Å². The highest BCUT2D eigenvalue weighted by atomic mass is 16.3. The van der Waals surface area contributed by atoms with Crippen LogP contribution in [0.15, 0.2) is 18.2 Å². The number of phenolic OH excluding ortho intramolecular Hbond substituents is 1. The van der Waals surface area contributed by atoms with Gasteiger partial charge in [-0.05, 0) is 30.4 Å². The number of fused-ring (bicyclic) bond motifs is 1. The molecule has 14 heavy (non-hydrogen) atoms. The highest BCUT2D eigenvalue weighted by Crippen LogP contribution is 2.35. The third-order valence-electron chi connectivity index (χ3n) is 3.13. The molecule has 1 heterocycles. The molecular weight excluding hydrogens is 174 g/mol. The number of phenols is 1. The van der Waals surface area contributed by atoms with Gasteiger partial charge in [0.2, 0.25) is 0 Å². The molecule has 76 valence electrons. The smallest absolute Gasteiger partial charge is 0.138 e. The predicted molar refractivity (Wildman–Crippen MR) is 58.7 cm³/mol. The summed E-state index contributed by atoms with van der Waals surface area (Å²) in [5.74, 6) is 1.03. The van der Waals surface area contributed by atoms with Crippen molar-refractivity contribution in [1.82, 2.24) is 0 Å². The van der Waals surface area contributed by atoms with E-state index in [9.17, 15) is 5.11 Å². The average Bonchev–Trinajstić information content (AvgIpc) is 2.17. The van der Waals surface area contributed by atoms with Crippen LogP contribution >= 0.6 is 0 Å². The molecule has 2 atom stereocenters. The first-order valence-electron chi connectivity index (χ1n) is 5.29. The number of anilines is 1. The SMILES string of the molecule is CC[C@H]1Nc2c(O)cccc2C[C@@H]1C. The molecular formula is C12H17NO. The van der Waals surface area contributed by atoms with Crippen molar-refractivity contribution in [3.8, 4) is 5.75 Å². The van der Waals surface area contributed by atoms with Crippen molar-refractivity contribution in [2.75, 3.05) is 5.32 Å². The van der Waals surface area contributed by atoms with Crippen molar-refractivity contribution in [1.29, 1.82) is 0 Å². The molecule has 0 amide bonds. The Hall–Kier alpha value is -1.18. The predicted octanol–water partition coefficient (Wildman–Crippen LogP) is 2.77. The number of rotatable bonds is 1. The minimum atomic E-state index is 0.382. The van der Waals surface area contributed by atoms with E-state index in [1.54, 1.807) is 6.07 Å². The number of para-hydroxylation sites is 1. The zero-order valence-electron chi connectivity index (χ0n) is 8.75. The molecule has 1 aromatic carbocycles. The summed E-state index contributed by atoms with van der Waals surface area (Å²) in [6.07, 6.45) is 2.17. The van der Waals surface area contributed by atoms with E-state index in [-0.39, 0.29) is 0 Å². The van der Waals surface area contributed by atoms with Gasteiger partial charge in [0.05, 0.1) is 5.69 Å². The van der Waals surface area contributed by atoms with E-state index in [4.69, 9.17) is 0 Å². The molecule has 1 aromatic rings. The lowest BCUT2D eigenvalue weighted by Crippen LogP contribution is -2.32. The molecule has 2 nitrogen and oxygen atoms in total. The Bertz CT molecular complexity index is 335. The van der Waals surface area contributed by atoms with Gasteiger partial charge in [0.1, 0.15) is 5.75 Å². The van der Waals surface area contributed by atoms with Crippen LogP contribution < -0.4 is 5.32 Å². The summed E-state index contributed by atoms with van der Waals surface area (Å²) in [6.45, 7) is 4.44. The van der Waals surface area contributed by atoms with Crippen LogP contribution in [0.25, 0.3) is 0 Å². The highest BCUT2D eigenvalue weighted by Gasteiger charge is 2.24. The Kier molecular flexibility index (Phi) is 2.36. The molecule has 2 heteroatoms. The zero-order chi connectivity index (χ0) is 10.1. The van der Waals surface area contributed by atoms with Gasteiger partial charge in [-0.2, -0.15) is 0 Å². The Morgan fingerprint density at radius 2 is 2.29 bits per heavy atom. The van der Waals surface area contributed by atoms with Gasteiger partial charge >= 0.3 is 0 Å². The number of benzene rings is 1. The quantitative estimate of drug-likeness (QED) is 0.669. The fraction of sp³-hybridized carbons (Fsp3) is 0.500. The van der Waals surface area contributed by atoms with Crippen LogP contribution in [-0.4, -0.2) is 11.1 Å². The van der Waals surface area contributed by atoms with E-state index >= 15 is 0 Å². The van der Waals surface area contributed by atoms with E-state index in [0.29, 0.717) is 17.7 Å². The standard InChI is InChI=1S/C12H17NO/c1-3-10-8(2)7-9-5-4-6-11(14)12(9)13-10/h4-6,8,10,13-14H,3,7H2,1-2H3/t8-,10+/m0/s1. The highest BCUT2D eigenvalue weighted by molar-refractivity contribution is 5.63. The molecule has 0 aliphatic carbocycles. The molecule has 0 radical (unpaired) electrons. The molecule has 0 saturated carbocycles. The molecule has 0 unspecified atom stereocenters. The summed E-state index contributed by atoms with van der Waals surface area (Å²) in [7, 11) is 0. The van der Waals surface area contributed by atoms with Crippen molar-refractivity contribution in [2.24, 2.45) is 5.92 Å². The van der Waals surface area contributed by atoms with E-state index in [1.165, 1.54) is 5.56 Å². The molecule has 0 bridgehead atoms. The minimum Gasteiger partial charge on any atom is -0.506 e. The molecule has 1 aliphatic heterocycles. The maximum Gasteiger partial charge on any atom is 0.138 e. The second-order valence-corrected chi connectivity index (χ2v) is 4.15.